The summed E-state index contributed by atoms with van der Waals surface area (Å²) >= 11 is 0. The molecule has 1 aromatic carbocycles. The van der Waals surface area contributed by atoms with Gasteiger partial charge in [-0.15, -0.1) is 0 Å². The van der Waals surface area contributed by atoms with Gasteiger partial charge in [0.15, 0.2) is 0 Å². The number of hydrogen-bond donors (Lipinski definition) is 1. The van der Waals surface area contributed by atoms with Crippen molar-refractivity contribution in [1.82, 2.24) is 10.2 Å². The molecule has 0 spiro atoms. The lowest BCUT2D eigenvalue weighted by atomic mass is 10.1. The summed E-state index contributed by atoms with van der Waals surface area (Å²) in [6, 6.07) is 3.47. The number of fused-ring (bicyclic) bond motifs is 1. The number of H-pyrrole nitrogens is 1. The van der Waals surface area contributed by atoms with Gasteiger partial charge in [0.1, 0.15) is 4.90 Å². The molecule has 0 saturated carbocycles. The third-order valence-corrected chi connectivity index (χ3v) is 3.59. The number of rotatable bonds is 2. The average Bonchev–Trinajstić information content (AvgIpc) is 2.61. The number of aromatic amines is 1. The minimum absolute atomic E-state index is 0.0935. The lowest BCUT2D eigenvalue weighted by Gasteiger charge is -2.02. The summed E-state index contributed by atoms with van der Waals surface area (Å²) in [6.45, 7) is 1.95. The van der Waals surface area contributed by atoms with Crippen molar-refractivity contribution >= 4 is 30.6 Å². The normalized spacial score (nSPS) is 12.1. The first-order valence-corrected chi connectivity index (χ1v) is 6.74. The van der Waals surface area contributed by atoms with Crippen LogP contribution in [0.15, 0.2) is 23.2 Å². The van der Waals surface area contributed by atoms with Crippen molar-refractivity contribution < 1.29 is 8.42 Å². The third kappa shape index (κ3) is 1.85. The first kappa shape index (κ1) is 10.4. The van der Waals surface area contributed by atoms with Crippen molar-refractivity contribution in [3.05, 3.63) is 23.9 Å². The highest BCUT2D eigenvalue weighted by Gasteiger charge is 2.16. The van der Waals surface area contributed by atoms with Gasteiger partial charge >= 0.3 is 0 Å². The molecule has 0 saturated heterocycles. The van der Waals surface area contributed by atoms with Gasteiger partial charge in [0.05, 0.1) is 11.7 Å². The molecule has 1 aromatic heterocycles. The zero-order valence-corrected chi connectivity index (χ0v) is 9.56. The highest BCUT2D eigenvalue weighted by atomic mass is 35.7. The largest absolute Gasteiger partial charge is 0.276 e. The molecule has 80 valence electrons. The van der Waals surface area contributed by atoms with Gasteiger partial charge in [-0.1, -0.05) is 6.92 Å². The zero-order valence-electron chi connectivity index (χ0n) is 7.99. The molecule has 1 N–H and O–H groups in total. The zero-order chi connectivity index (χ0) is 11.1. The van der Waals surface area contributed by atoms with Crippen molar-refractivity contribution in [2.75, 3.05) is 0 Å². The van der Waals surface area contributed by atoms with Gasteiger partial charge in [0.25, 0.3) is 9.05 Å². The van der Waals surface area contributed by atoms with Crippen LogP contribution in [0.4, 0.5) is 0 Å². The van der Waals surface area contributed by atoms with Crippen molar-refractivity contribution in [2.24, 2.45) is 0 Å². The van der Waals surface area contributed by atoms with Crippen LogP contribution in [0.25, 0.3) is 10.9 Å². The summed E-state index contributed by atoms with van der Waals surface area (Å²) in [5.41, 5.74) is 1.38. The van der Waals surface area contributed by atoms with E-state index in [1.807, 2.05) is 13.0 Å². The second-order valence-electron chi connectivity index (χ2n) is 3.22. The molecule has 0 radical (unpaired) electrons. The highest BCUT2D eigenvalue weighted by molar-refractivity contribution is 8.14. The van der Waals surface area contributed by atoms with E-state index in [0.29, 0.717) is 5.52 Å². The molecule has 0 fully saturated rings. The average molecular weight is 245 g/mol. The standard InChI is InChI=1S/C9H9ClN2O2S/c1-2-6-3-7-5-11-12-9(7)8(4-6)15(10,13)14/h3-5H,2H2,1H3,(H,11,12). The lowest BCUT2D eigenvalue weighted by molar-refractivity contribution is 0.610. The molecule has 0 aliphatic carbocycles. The van der Waals surface area contributed by atoms with E-state index in [1.54, 1.807) is 12.3 Å². The molecule has 0 aliphatic heterocycles. The summed E-state index contributed by atoms with van der Waals surface area (Å²) in [5.74, 6) is 0. The Morgan fingerprint density at radius 1 is 1.47 bits per heavy atom. The second-order valence-corrected chi connectivity index (χ2v) is 5.75. The Morgan fingerprint density at radius 3 is 2.80 bits per heavy atom. The number of benzene rings is 1. The van der Waals surface area contributed by atoms with Crippen molar-refractivity contribution in [2.45, 2.75) is 18.2 Å². The fourth-order valence-corrected chi connectivity index (χ4v) is 2.55. The molecule has 4 nitrogen and oxygen atoms in total. The number of nitrogens with one attached hydrogen (secondary N) is 1. The number of halogens is 1. The van der Waals surface area contributed by atoms with Crippen molar-refractivity contribution in [1.29, 1.82) is 0 Å². The topological polar surface area (TPSA) is 62.8 Å². The fourth-order valence-electron chi connectivity index (χ4n) is 1.48. The Morgan fingerprint density at radius 2 is 2.20 bits per heavy atom. The number of aromatic nitrogens is 2. The van der Waals surface area contributed by atoms with Gasteiger partial charge < -0.3 is 0 Å². The van der Waals surface area contributed by atoms with Crippen LogP contribution < -0.4 is 0 Å². The maximum absolute atomic E-state index is 11.3. The monoisotopic (exact) mass is 244 g/mol. The Labute approximate surface area is 91.7 Å². The van der Waals surface area contributed by atoms with Crippen LogP contribution in [-0.2, 0) is 15.5 Å². The molecule has 2 rings (SSSR count). The van der Waals surface area contributed by atoms with Crippen molar-refractivity contribution in [3.63, 3.8) is 0 Å². The predicted molar refractivity (Wildman–Crippen MR) is 58.5 cm³/mol. The predicted octanol–water partition coefficient (Wildman–Crippen LogP) is 2.05. The molecular formula is C9H9ClN2O2S. The molecule has 6 heteroatoms. The van der Waals surface area contributed by atoms with Crippen molar-refractivity contribution in [3.8, 4) is 0 Å². The summed E-state index contributed by atoms with van der Waals surface area (Å²) in [6.07, 6.45) is 2.33. The molecular weight excluding hydrogens is 236 g/mol. The van der Waals surface area contributed by atoms with Crippen LogP contribution in [0.5, 0.6) is 0 Å². The van der Waals surface area contributed by atoms with Gasteiger partial charge in [-0.2, -0.15) is 5.10 Å². The Kier molecular flexibility index (Phi) is 2.44. The van der Waals surface area contributed by atoms with E-state index in [4.69, 9.17) is 10.7 Å². The number of aryl methyl sites for hydroxylation is 1. The molecule has 2 aromatic rings. The van der Waals surface area contributed by atoms with Crippen LogP contribution in [0, 0.1) is 0 Å². The molecule has 0 aliphatic rings. The maximum atomic E-state index is 11.3. The Balaban J connectivity index is 2.86. The minimum Gasteiger partial charge on any atom is -0.276 e. The summed E-state index contributed by atoms with van der Waals surface area (Å²) in [7, 11) is 1.62. The molecule has 0 bridgehead atoms. The van der Waals surface area contributed by atoms with E-state index < -0.39 is 9.05 Å². The SMILES string of the molecule is CCc1cc(S(=O)(=O)Cl)c2[nH]ncc2c1. The molecule has 15 heavy (non-hydrogen) atoms. The number of nitrogens with zero attached hydrogens (tertiary/aromatic N) is 1. The van der Waals surface area contributed by atoms with E-state index in [9.17, 15) is 8.42 Å². The van der Waals surface area contributed by atoms with Gasteiger partial charge in [0, 0.05) is 16.1 Å². The first-order chi connectivity index (χ1) is 7.02. The lowest BCUT2D eigenvalue weighted by Crippen LogP contribution is -1.94. The summed E-state index contributed by atoms with van der Waals surface area (Å²) in [4.78, 5) is 0.0935. The summed E-state index contributed by atoms with van der Waals surface area (Å²) in [5, 5.41) is 7.19. The van der Waals surface area contributed by atoms with E-state index >= 15 is 0 Å². The quantitative estimate of drug-likeness (QED) is 0.823. The van der Waals surface area contributed by atoms with E-state index in [1.165, 1.54) is 0 Å². The molecule has 0 unspecified atom stereocenters. The van der Waals surface area contributed by atoms with E-state index in [0.717, 1.165) is 17.4 Å². The fraction of sp³-hybridized carbons (Fsp3) is 0.222. The highest BCUT2D eigenvalue weighted by Crippen LogP contribution is 2.25. The Hall–Kier alpha value is -1.07. The second kappa shape index (κ2) is 3.50. The number of hydrogen-bond acceptors (Lipinski definition) is 3. The van der Waals surface area contributed by atoms with Crippen LogP contribution in [0.2, 0.25) is 0 Å². The first-order valence-electron chi connectivity index (χ1n) is 4.43. The Bertz CT molecular complexity index is 604. The van der Waals surface area contributed by atoms with E-state index in [-0.39, 0.29) is 4.90 Å². The smallest absolute Gasteiger partial charge is 0.263 e. The van der Waals surface area contributed by atoms with Crippen LogP contribution >= 0.6 is 10.7 Å². The van der Waals surface area contributed by atoms with Gasteiger partial charge in [-0.3, -0.25) is 5.10 Å². The van der Waals surface area contributed by atoms with Crippen LogP contribution in [0.3, 0.4) is 0 Å². The van der Waals surface area contributed by atoms with E-state index in [2.05, 4.69) is 10.2 Å². The molecule has 1 heterocycles. The van der Waals surface area contributed by atoms with Crippen LogP contribution in [0.1, 0.15) is 12.5 Å². The van der Waals surface area contributed by atoms with Gasteiger partial charge in [0.2, 0.25) is 0 Å². The summed E-state index contributed by atoms with van der Waals surface area (Å²) < 4.78 is 22.7. The maximum Gasteiger partial charge on any atom is 0.263 e. The molecule has 0 amide bonds. The minimum atomic E-state index is -3.73. The van der Waals surface area contributed by atoms with Gasteiger partial charge in [-0.05, 0) is 24.1 Å². The molecule has 0 atom stereocenters. The van der Waals surface area contributed by atoms with Gasteiger partial charge in [-0.25, -0.2) is 8.42 Å². The van der Waals surface area contributed by atoms with Crippen LogP contribution in [-0.4, -0.2) is 18.6 Å². The third-order valence-electron chi connectivity index (χ3n) is 2.24.